The van der Waals surface area contributed by atoms with Gasteiger partial charge in [0.25, 0.3) is 0 Å². The Bertz CT molecular complexity index is 1790. The number of nitrogens with zero attached hydrogens (tertiary/aromatic N) is 2. The van der Waals surface area contributed by atoms with Crippen molar-refractivity contribution < 1.29 is 0 Å². The summed E-state index contributed by atoms with van der Waals surface area (Å²) < 4.78 is 2.49. The summed E-state index contributed by atoms with van der Waals surface area (Å²) in [5, 5.41) is 2.61. The van der Waals surface area contributed by atoms with Crippen LogP contribution in [0.4, 0.5) is 11.4 Å². The molecular formula is C37H36BClN2. The number of para-hydroxylation sites is 2. The summed E-state index contributed by atoms with van der Waals surface area (Å²) in [6.07, 6.45) is 11.2. The Kier molecular flexibility index (Phi) is 6.67. The van der Waals surface area contributed by atoms with Gasteiger partial charge >= 0.3 is 250 Å². The molecule has 0 saturated heterocycles. The standard InChI is InChI=1S/C37H36BClN2/c1-25(11-9-10-22-39)23-27-17-18-29(24-38-27)41-36-32(33-21-16-26(2)37(33,41)3)20-19-31-30-14-7-8-15-34(30)40(35(31)36)28-12-5-4-6-13-28/h4-10,12-21,24-26,33H,11,22-23H2,1-3H3/b10-9-. The number of benzene rings is 3. The van der Waals surface area contributed by atoms with Crippen LogP contribution >= 0.6 is 11.6 Å². The van der Waals surface area contributed by atoms with E-state index in [0.29, 0.717) is 23.6 Å². The van der Waals surface area contributed by atoms with Crippen molar-refractivity contribution in [2.45, 2.75) is 45.1 Å². The summed E-state index contributed by atoms with van der Waals surface area (Å²) in [4.78, 5) is 2.68. The summed E-state index contributed by atoms with van der Waals surface area (Å²) in [6, 6.07) is 29.1. The van der Waals surface area contributed by atoms with Crippen molar-refractivity contribution in [3.63, 3.8) is 0 Å². The number of fused-ring (bicyclic) bond motifs is 7. The van der Waals surface area contributed by atoms with Crippen molar-refractivity contribution in [3.05, 3.63) is 120 Å². The van der Waals surface area contributed by atoms with E-state index in [2.05, 4.69) is 146 Å². The molecule has 0 bridgehead atoms. The SMILES string of the molecule is CC(C/C=C\CCl)Cc1bcc(N2c3c(ccc4c5ccccc5n(-c5ccccc5)c34)C3C=CC(C)C32C)cc1. The zero-order valence-corrected chi connectivity index (χ0v) is 24.9. The molecule has 2 aromatic heterocycles. The average molecular weight is 555 g/mol. The van der Waals surface area contributed by atoms with Crippen LogP contribution in [0.3, 0.4) is 0 Å². The Morgan fingerprint density at radius 1 is 0.902 bits per heavy atom. The van der Waals surface area contributed by atoms with Crippen molar-refractivity contribution >= 4 is 51.7 Å². The normalized spacial score (nSPS) is 22.1. The molecule has 0 saturated carbocycles. The fourth-order valence-corrected chi connectivity index (χ4v) is 7.53. The van der Waals surface area contributed by atoms with E-state index in [4.69, 9.17) is 11.6 Å². The Balaban J connectivity index is 1.42. The van der Waals surface area contributed by atoms with E-state index in [1.165, 1.54) is 49.9 Å². The molecule has 0 radical (unpaired) electrons. The third kappa shape index (κ3) is 4.12. The van der Waals surface area contributed by atoms with Crippen LogP contribution < -0.4 is 4.90 Å². The van der Waals surface area contributed by atoms with Gasteiger partial charge in [-0.1, -0.05) is 0 Å². The Morgan fingerprint density at radius 2 is 1.71 bits per heavy atom. The van der Waals surface area contributed by atoms with Crippen LogP contribution in [0.5, 0.6) is 0 Å². The van der Waals surface area contributed by atoms with E-state index in [1.807, 2.05) is 0 Å². The first-order chi connectivity index (χ1) is 20.0. The van der Waals surface area contributed by atoms with Crippen LogP contribution in [0.2, 0.25) is 0 Å². The van der Waals surface area contributed by atoms with Crippen LogP contribution in [0.25, 0.3) is 27.5 Å². The number of rotatable bonds is 7. The predicted molar refractivity (Wildman–Crippen MR) is 178 cm³/mol. The number of alkyl halides is 1. The Morgan fingerprint density at radius 3 is 2.49 bits per heavy atom. The molecule has 204 valence electrons. The molecule has 0 amide bonds. The van der Waals surface area contributed by atoms with Gasteiger partial charge in [-0.3, -0.25) is 0 Å². The van der Waals surface area contributed by atoms with Crippen molar-refractivity contribution in [1.29, 1.82) is 0 Å². The minimum absolute atomic E-state index is 0.0737. The molecule has 0 spiro atoms. The first kappa shape index (κ1) is 26.4. The van der Waals surface area contributed by atoms with E-state index in [-0.39, 0.29) is 5.54 Å². The van der Waals surface area contributed by atoms with E-state index in [9.17, 15) is 0 Å². The third-order valence-corrected chi connectivity index (χ3v) is 9.79. The second kappa shape index (κ2) is 10.4. The maximum atomic E-state index is 5.83. The summed E-state index contributed by atoms with van der Waals surface area (Å²) in [6.45, 7) is 9.50. The van der Waals surface area contributed by atoms with Gasteiger partial charge in [0, 0.05) is 0 Å². The van der Waals surface area contributed by atoms with Crippen LogP contribution in [0, 0.1) is 11.8 Å². The monoisotopic (exact) mass is 554 g/mol. The number of anilines is 2. The number of hydrogen-bond donors (Lipinski definition) is 0. The molecule has 3 aromatic carbocycles. The van der Waals surface area contributed by atoms with Crippen molar-refractivity contribution in [3.8, 4) is 5.69 Å². The van der Waals surface area contributed by atoms with Crippen LogP contribution in [0.1, 0.15) is 44.1 Å². The van der Waals surface area contributed by atoms with Gasteiger partial charge in [-0.2, -0.15) is 0 Å². The third-order valence-electron chi connectivity index (χ3n) is 9.61. The first-order valence-electron chi connectivity index (χ1n) is 14.9. The van der Waals surface area contributed by atoms with E-state index in [0.717, 1.165) is 12.8 Å². The summed E-state index contributed by atoms with van der Waals surface area (Å²) in [5.41, 5.74) is 9.09. The second-order valence-electron chi connectivity index (χ2n) is 12.1. The molecule has 3 heterocycles. The summed E-state index contributed by atoms with van der Waals surface area (Å²) in [5.74, 6) is 4.27. The van der Waals surface area contributed by atoms with E-state index < -0.39 is 0 Å². The molecule has 41 heavy (non-hydrogen) atoms. The topological polar surface area (TPSA) is 8.17 Å². The van der Waals surface area contributed by atoms with Crippen molar-refractivity contribution in [2.75, 3.05) is 10.8 Å². The van der Waals surface area contributed by atoms with Crippen molar-refractivity contribution in [2.24, 2.45) is 11.8 Å². The molecule has 1 aliphatic heterocycles. The summed E-state index contributed by atoms with van der Waals surface area (Å²) in [7, 11) is 0. The van der Waals surface area contributed by atoms with Gasteiger partial charge in [0.2, 0.25) is 0 Å². The molecule has 2 aliphatic rings. The molecule has 1 aliphatic carbocycles. The van der Waals surface area contributed by atoms with Gasteiger partial charge in [-0.15, -0.1) is 0 Å². The number of aromatic nitrogens is 1. The zero-order chi connectivity index (χ0) is 28.1. The molecule has 2 nitrogen and oxygen atoms in total. The molecule has 4 atom stereocenters. The Hall–Kier alpha value is -3.56. The molecular weight excluding hydrogens is 519 g/mol. The molecule has 0 fully saturated rings. The van der Waals surface area contributed by atoms with Crippen molar-refractivity contribution in [1.82, 2.24) is 4.57 Å². The van der Waals surface area contributed by atoms with E-state index >= 15 is 0 Å². The van der Waals surface area contributed by atoms with E-state index in [1.54, 1.807) is 0 Å². The molecule has 4 heteroatoms. The minimum atomic E-state index is -0.0737. The maximum absolute atomic E-state index is 5.83. The average Bonchev–Trinajstić information content (AvgIpc) is 3.58. The van der Waals surface area contributed by atoms with Crippen LogP contribution in [-0.4, -0.2) is 22.9 Å². The fourth-order valence-electron chi connectivity index (χ4n) is 7.41. The second-order valence-corrected chi connectivity index (χ2v) is 12.4. The molecule has 4 unspecified atom stereocenters. The van der Waals surface area contributed by atoms with Gasteiger partial charge in [0.15, 0.2) is 0 Å². The van der Waals surface area contributed by atoms with Gasteiger partial charge in [-0.25, -0.2) is 0 Å². The van der Waals surface area contributed by atoms with Gasteiger partial charge in [0.1, 0.15) is 0 Å². The molecule has 5 aromatic rings. The van der Waals surface area contributed by atoms with Crippen LogP contribution in [-0.2, 0) is 6.42 Å². The number of allylic oxidation sites excluding steroid dienone is 2. The van der Waals surface area contributed by atoms with Gasteiger partial charge < -0.3 is 0 Å². The molecule has 7 rings (SSSR count). The Labute approximate surface area is 249 Å². The van der Waals surface area contributed by atoms with Gasteiger partial charge in [-0.05, 0) is 0 Å². The zero-order valence-electron chi connectivity index (χ0n) is 24.1. The number of hydrogen-bond acceptors (Lipinski definition) is 1. The predicted octanol–water partition coefficient (Wildman–Crippen LogP) is 9.69. The quantitative estimate of drug-likeness (QED) is 0.144. The fraction of sp³-hybridized carbons (Fsp3) is 0.270. The molecule has 0 N–H and O–H groups in total. The first-order valence-corrected chi connectivity index (χ1v) is 15.5. The number of halogens is 1. The summed E-state index contributed by atoms with van der Waals surface area (Å²) >= 11 is 5.83. The van der Waals surface area contributed by atoms with Gasteiger partial charge in [0.05, 0.1) is 0 Å². The van der Waals surface area contributed by atoms with Crippen LogP contribution in [0.15, 0.2) is 109 Å².